The zero-order valence-electron chi connectivity index (χ0n) is 18.9. The molecular formula is C26H32N4O2S. The van der Waals surface area contributed by atoms with Gasteiger partial charge in [0.1, 0.15) is 4.90 Å². The summed E-state index contributed by atoms with van der Waals surface area (Å²) in [7, 11) is -3.70. The van der Waals surface area contributed by atoms with Gasteiger partial charge in [-0.15, -0.1) is 0 Å². The van der Waals surface area contributed by atoms with Gasteiger partial charge in [0.2, 0.25) is 10.0 Å². The third-order valence-corrected chi connectivity index (χ3v) is 8.06. The van der Waals surface area contributed by atoms with Gasteiger partial charge in [-0.1, -0.05) is 48.5 Å². The summed E-state index contributed by atoms with van der Waals surface area (Å²) in [5.74, 6) is 1.24. The number of likely N-dealkylation sites (tertiary alicyclic amines) is 1. The molecule has 174 valence electrons. The third kappa shape index (κ3) is 5.21. The topological polar surface area (TPSA) is 81.2 Å². The van der Waals surface area contributed by atoms with E-state index in [1.165, 1.54) is 67.1 Å². The molecule has 1 fully saturated rings. The molecule has 2 atom stereocenters. The lowest BCUT2D eigenvalue weighted by Crippen LogP contribution is -2.41. The Morgan fingerprint density at radius 1 is 1.06 bits per heavy atom. The maximum Gasteiger partial charge on any atom is 0.241 e. The van der Waals surface area contributed by atoms with Gasteiger partial charge in [0, 0.05) is 19.3 Å². The molecule has 2 aliphatic rings. The fourth-order valence-electron chi connectivity index (χ4n) is 5.30. The van der Waals surface area contributed by atoms with Gasteiger partial charge in [0.05, 0.1) is 6.20 Å². The molecule has 1 aliphatic heterocycles. The van der Waals surface area contributed by atoms with Crippen molar-refractivity contribution < 1.29 is 8.42 Å². The summed E-state index contributed by atoms with van der Waals surface area (Å²) in [6.07, 6.45) is 8.26. The predicted molar refractivity (Wildman–Crippen MR) is 130 cm³/mol. The summed E-state index contributed by atoms with van der Waals surface area (Å²) < 4.78 is 24.6. The van der Waals surface area contributed by atoms with Crippen molar-refractivity contribution >= 4 is 10.0 Å². The minimum Gasteiger partial charge on any atom is -0.303 e. The van der Waals surface area contributed by atoms with Crippen molar-refractivity contribution in [1.82, 2.24) is 14.7 Å². The van der Waals surface area contributed by atoms with E-state index in [4.69, 9.17) is 5.14 Å². The molecule has 0 amide bonds. The van der Waals surface area contributed by atoms with Crippen molar-refractivity contribution in [1.29, 1.82) is 0 Å². The number of hydrogen-bond acceptors (Lipinski definition) is 4. The van der Waals surface area contributed by atoms with Crippen LogP contribution in [0.15, 0.2) is 65.8 Å². The zero-order valence-corrected chi connectivity index (χ0v) is 19.8. The van der Waals surface area contributed by atoms with Crippen molar-refractivity contribution in [3.63, 3.8) is 0 Å². The summed E-state index contributed by atoms with van der Waals surface area (Å²) in [6.45, 7) is 4.36. The monoisotopic (exact) mass is 464 g/mol. The molecule has 3 aromatic rings. The van der Waals surface area contributed by atoms with Crippen molar-refractivity contribution in [2.45, 2.75) is 49.5 Å². The molecule has 6 nitrogen and oxygen atoms in total. The van der Waals surface area contributed by atoms with Gasteiger partial charge >= 0.3 is 0 Å². The van der Waals surface area contributed by atoms with Gasteiger partial charge in [-0.05, 0) is 79.3 Å². The number of aryl methyl sites for hydroxylation is 2. The lowest BCUT2D eigenvalue weighted by Gasteiger charge is -2.35. The van der Waals surface area contributed by atoms with Crippen LogP contribution in [0.2, 0.25) is 0 Å². The molecule has 0 radical (unpaired) electrons. The van der Waals surface area contributed by atoms with Crippen LogP contribution in [-0.4, -0.2) is 42.7 Å². The van der Waals surface area contributed by atoms with Crippen LogP contribution in [0.1, 0.15) is 41.0 Å². The zero-order chi connectivity index (χ0) is 22.8. The molecule has 0 saturated carbocycles. The normalized spacial score (nSPS) is 20.5. The van der Waals surface area contributed by atoms with Crippen LogP contribution in [0, 0.1) is 5.92 Å². The maximum absolute atomic E-state index is 11.4. The van der Waals surface area contributed by atoms with Crippen molar-refractivity contribution in [2.75, 3.05) is 19.6 Å². The largest absolute Gasteiger partial charge is 0.303 e. The number of benzene rings is 2. The molecule has 2 heterocycles. The van der Waals surface area contributed by atoms with E-state index in [9.17, 15) is 8.42 Å². The Morgan fingerprint density at radius 2 is 1.88 bits per heavy atom. The summed E-state index contributed by atoms with van der Waals surface area (Å²) >= 11 is 0. The van der Waals surface area contributed by atoms with E-state index in [-0.39, 0.29) is 4.90 Å². The molecule has 0 bridgehead atoms. The molecule has 0 spiro atoms. The van der Waals surface area contributed by atoms with Crippen LogP contribution >= 0.6 is 0 Å². The fourth-order valence-corrected chi connectivity index (χ4v) is 5.76. The second-order valence-electron chi connectivity index (χ2n) is 9.54. The Labute approximate surface area is 196 Å². The fraction of sp³-hybridized carbons (Fsp3) is 0.423. The Hall–Kier alpha value is -2.48. The molecule has 1 aromatic heterocycles. The highest BCUT2D eigenvalue weighted by molar-refractivity contribution is 7.89. The van der Waals surface area contributed by atoms with E-state index in [0.29, 0.717) is 18.4 Å². The Balaban J connectivity index is 1.28. The van der Waals surface area contributed by atoms with Crippen LogP contribution in [-0.2, 0) is 35.8 Å². The minimum absolute atomic E-state index is 0.0667. The first-order valence-electron chi connectivity index (χ1n) is 11.9. The van der Waals surface area contributed by atoms with Crippen molar-refractivity contribution in [3.05, 3.63) is 83.2 Å². The quantitative estimate of drug-likeness (QED) is 0.526. The molecule has 1 saturated heterocycles. The molecule has 1 aliphatic carbocycles. The lowest BCUT2D eigenvalue weighted by molar-refractivity contribution is 0.145. The molecule has 5 rings (SSSR count). The average Bonchev–Trinajstić information content (AvgIpc) is 3.37. The van der Waals surface area contributed by atoms with Crippen LogP contribution < -0.4 is 5.14 Å². The number of rotatable bonds is 9. The molecule has 2 aromatic carbocycles. The Kier molecular flexibility index (Phi) is 6.36. The number of primary sulfonamides is 1. The number of hydrogen-bond donors (Lipinski definition) is 1. The van der Waals surface area contributed by atoms with E-state index in [0.717, 1.165) is 19.3 Å². The molecule has 2 unspecified atom stereocenters. The smallest absolute Gasteiger partial charge is 0.241 e. The molecular weight excluding hydrogens is 432 g/mol. The van der Waals surface area contributed by atoms with Crippen LogP contribution in [0.4, 0.5) is 0 Å². The highest BCUT2D eigenvalue weighted by atomic mass is 32.2. The van der Waals surface area contributed by atoms with Crippen molar-refractivity contribution in [3.8, 4) is 0 Å². The summed E-state index contributed by atoms with van der Waals surface area (Å²) in [6, 6.07) is 17.9. The van der Waals surface area contributed by atoms with Gasteiger partial charge in [0.15, 0.2) is 0 Å². The second-order valence-corrected chi connectivity index (χ2v) is 11.1. The predicted octanol–water partition coefficient (Wildman–Crippen LogP) is 3.37. The van der Waals surface area contributed by atoms with E-state index in [1.807, 2.05) is 0 Å². The number of nitrogens with zero attached hydrogens (tertiary/aromatic N) is 3. The lowest BCUT2D eigenvalue weighted by atomic mass is 9.85. The first-order valence-corrected chi connectivity index (χ1v) is 13.4. The third-order valence-electron chi connectivity index (χ3n) is 7.19. The minimum atomic E-state index is -3.70. The maximum atomic E-state index is 11.4. The van der Waals surface area contributed by atoms with Gasteiger partial charge in [-0.2, -0.15) is 5.10 Å². The summed E-state index contributed by atoms with van der Waals surface area (Å²) in [5.41, 5.74) is 5.79. The van der Waals surface area contributed by atoms with E-state index in [2.05, 4.69) is 58.5 Å². The highest BCUT2D eigenvalue weighted by Gasteiger charge is 2.34. The molecule has 7 heteroatoms. The first kappa shape index (κ1) is 22.3. The number of nitrogens with two attached hydrogens (primary N) is 1. The Morgan fingerprint density at radius 3 is 2.58 bits per heavy atom. The molecule has 33 heavy (non-hydrogen) atoms. The number of fused-ring (bicyclic) bond motifs is 1. The van der Waals surface area contributed by atoms with Crippen LogP contribution in [0.5, 0.6) is 0 Å². The first-order chi connectivity index (χ1) is 16.0. The summed E-state index contributed by atoms with van der Waals surface area (Å²) in [5, 5.41) is 9.31. The average molecular weight is 465 g/mol. The standard InChI is InChI=1S/C26H32N4O2S/c27-33(31,32)24-17-28-30(19-24)13-4-8-21-9-10-22-16-23(18-29-11-5-12-29)26(25(22)15-21)14-20-6-2-1-3-7-20/h1-3,6-7,9-10,15,17,19,23,26H,4-5,8,11-14,16,18H2,(H2,27,31,32). The van der Waals surface area contributed by atoms with Crippen LogP contribution in [0.25, 0.3) is 0 Å². The molecule has 2 N–H and O–H groups in total. The van der Waals surface area contributed by atoms with Gasteiger partial charge < -0.3 is 4.90 Å². The number of aromatic nitrogens is 2. The van der Waals surface area contributed by atoms with Crippen molar-refractivity contribution in [2.24, 2.45) is 11.1 Å². The van der Waals surface area contributed by atoms with Gasteiger partial charge in [-0.25, -0.2) is 13.6 Å². The summed E-state index contributed by atoms with van der Waals surface area (Å²) in [4.78, 5) is 2.67. The van der Waals surface area contributed by atoms with E-state index >= 15 is 0 Å². The van der Waals surface area contributed by atoms with Crippen LogP contribution in [0.3, 0.4) is 0 Å². The Bertz CT molecular complexity index is 1200. The number of sulfonamides is 1. The van der Waals surface area contributed by atoms with Gasteiger partial charge in [0.25, 0.3) is 0 Å². The highest BCUT2D eigenvalue weighted by Crippen LogP contribution is 2.41. The second kappa shape index (κ2) is 9.41. The van der Waals surface area contributed by atoms with E-state index < -0.39 is 10.0 Å². The van der Waals surface area contributed by atoms with E-state index in [1.54, 1.807) is 4.68 Å². The SMILES string of the molecule is NS(=O)(=O)c1cnn(CCCc2ccc3c(c2)C(Cc2ccccc2)C(CN2CCC2)C3)c1. The van der Waals surface area contributed by atoms with Gasteiger partial charge in [-0.3, -0.25) is 4.68 Å².